The van der Waals surface area contributed by atoms with E-state index in [2.05, 4.69) is 27.7 Å². The maximum absolute atomic E-state index is 11.5. The van der Waals surface area contributed by atoms with Crippen LogP contribution in [0.5, 0.6) is 0 Å². The second kappa shape index (κ2) is 17.2. The van der Waals surface area contributed by atoms with Gasteiger partial charge < -0.3 is 83.9 Å². The molecule has 5 heterocycles. The van der Waals surface area contributed by atoms with Crippen LogP contribution in [0.15, 0.2) is 0 Å². The van der Waals surface area contributed by atoms with Gasteiger partial charge in [-0.05, 0) is 104 Å². The Morgan fingerprint density at radius 2 is 1.30 bits per heavy atom. The Balaban J connectivity index is 0.917. The molecule has 26 atom stereocenters. The van der Waals surface area contributed by atoms with Crippen LogP contribution in [0.25, 0.3) is 0 Å². The fourth-order valence-electron chi connectivity index (χ4n) is 14.4. The highest BCUT2D eigenvalue weighted by Crippen LogP contribution is 2.71. The van der Waals surface area contributed by atoms with E-state index < -0.39 is 112 Å². The van der Waals surface area contributed by atoms with E-state index in [-0.39, 0.29) is 23.0 Å². The van der Waals surface area contributed by atoms with Crippen LogP contribution in [-0.2, 0) is 37.9 Å². The summed E-state index contributed by atoms with van der Waals surface area (Å²) in [5.74, 6) is 3.12. The number of ether oxygens (including phenoxy) is 8. The van der Waals surface area contributed by atoms with Gasteiger partial charge in [0.05, 0.1) is 38.6 Å². The topological polar surface area (TPSA) is 256 Å². The number of fused-ring (bicyclic) bond motifs is 7. The van der Waals surface area contributed by atoms with Gasteiger partial charge in [0.15, 0.2) is 24.7 Å². The van der Waals surface area contributed by atoms with Gasteiger partial charge in [-0.25, -0.2) is 0 Å². The summed E-state index contributed by atoms with van der Waals surface area (Å²) in [5.41, 5.74) is 0.301. The number of hydrogen-bond donors (Lipinski definition) is 9. The molecule has 0 amide bonds. The molecule has 1 unspecified atom stereocenters. The summed E-state index contributed by atoms with van der Waals surface area (Å²) >= 11 is 0. The van der Waals surface area contributed by atoms with Crippen molar-refractivity contribution in [2.75, 3.05) is 26.4 Å². The van der Waals surface area contributed by atoms with Crippen molar-refractivity contribution in [1.29, 1.82) is 0 Å². The number of rotatable bonds is 8. The summed E-state index contributed by atoms with van der Waals surface area (Å²) in [5, 5.41) is 95.1. The minimum Gasteiger partial charge on any atom is -0.394 e. The Labute approximate surface area is 357 Å². The Morgan fingerprint density at radius 1 is 0.607 bits per heavy atom. The molecule has 9 N–H and O–H groups in total. The van der Waals surface area contributed by atoms with Crippen LogP contribution in [0.3, 0.4) is 0 Å². The standard InChI is InChI=1S/C44H72O17/c1-19-7-12-44(55-17-19)20(2)30-27(61-44)14-25-23-6-5-21-13-22(8-10-42(21,3)24(23)9-11-43(25,30)4)56-41-38(60-40-36(53)34(51)32(49)28(15-45)57-40)37(33(50)29(16-46)58-41)59-39-35(52)31(48)26(47)18-54-39/h19-41,45-53H,5-18H2,1-4H3/t19?,20-,21+,22-,23+,24-,25-,26+,27-,28+,29+,30-,31-,32+,33+,34-,35+,36+,37-,38+,39-,40-,41+,42-,43-,44+/m0/s1. The van der Waals surface area contributed by atoms with Gasteiger partial charge in [0.25, 0.3) is 0 Å². The normalized spacial score (nSPS) is 58.5. The van der Waals surface area contributed by atoms with E-state index in [0.717, 1.165) is 51.6 Å². The molecule has 1 spiro atoms. The van der Waals surface area contributed by atoms with Gasteiger partial charge in [-0.3, -0.25) is 0 Å². The Morgan fingerprint density at radius 3 is 2.02 bits per heavy atom. The van der Waals surface area contributed by atoms with Crippen LogP contribution in [0.1, 0.15) is 91.9 Å². The molecule has 0 aromatic heterocycles. The van der Waals surface area contributed by atoms with Gasteiger partial charge in [0, 0.05) is 12.3 Å². The van der Waals surface area contributed by atoms with E-state index >= 15 is 0 Å². The Hall–Kier alpha value is -0.680. The van der Waals surface area contributed by atoms with Crippen molar-refractivity contribution in [3.05, 3.63) is 0 Å². The van der Waals surface area contributed by atoms with E-state index in [0.29, 0.717) is 47.8 Å². The Kier molecular flexibility index (Phi) is 12.8. The fourth-order valence-corrected chi connectivity index (χ4v) is 14.4. The maximum atomic E-state index is 11.5. The third-order valence-corrected chi connectivity index (χ3v) is 17.9. The molecule has 17 heteroatoms. The lowest BCUT2D eigenvalue weighted by Gasteiger charge is -2.61. The second-order valence-electron chi connectivity index (χ2n) is 21.1. The molecule has 9 rings (SSSR count). The number of aliphatic hydroxyl groups excluding tert-OH is 9. The van der Waals surface area contributed by atoms with Gasteiger partial charge in [0.1, 0.15) is 67.1 Å². The molecule has 61 heavy (non-hydrogen) atoms. The van der Waals surface area contributed by atoms with E-state index in [9.17, 15) is 46.0 Å². The van der Waals surface area contributed by atoms with Gasteiger partial charge >= 0.3 is 0 Å². The van der Waals surface area contributed by atoms with Gasteiger partial charge in [-0.15, -0.1) is 0 Å². The van der Waals surface area contributed by atoms with E-state index in [1.165, 1.54) is 12.8 Å². The number of aliphatic hydroxyl groups is 9. The maximum Gasteiger partial charge on any atom is 0.187 e. The minimum absolute atomic E-state index is 0.0904. The molecule has 0 bridgehead atoms. The summed E-state index contributed by atoms with van der Waals surface area (Å²) in [6, 6.07) is 0. The lowest BCUT2D eigenvalue weighted by Crippen LogP contribution is -2.67. The van der Waals surface area contributed by atoms with Crippen LogP contribution >= 0.6 is 0 Å². The van der Waals surface area contributed by atoms with E-state index in [1.54, 1.807) is 0 Å². The lowest BCUT2D eigenvalue weighted by molar-refractivity contribution is -0.392. The summed E-state index contributed by atoms with van der Waals surface area (Å²) in [6.07, 6.45) is -11.8. The van der Waals surface area contributed by atoms with Crippen molar-refractivity contribution in [3.8, 4) is 0 Å². The first-order valence-corrected chi connectivity index (χ1v) is 23.2. The molecule has 9 aliphatic rings. The van der Waals surface area contributed by atoms with Crippen molar-refractivity contribution >= 4 is 0 Å². The Bertz CT molecular complexity index is 1520. The summed E-state index contributed by atoms with van der Waals surface area (Å²) < 4.78 is 50.0. The van der Waals surface area contributed by atoms with Crippen LogP contribution in [0.2, 0.25) is 0 Å². The monoisotopic (exact) mass is 872 g/mol. The zero-order chi connectivity index (χ0) is 43.3. The molecule has 350 valence electrons. The molecule has 5 saturated heterocycles. The van der Waals surface area contributed by atoms with Crippen LogP contribution in [-0.4, -0.2) is 176 Å². The average molecular weight is 873 g/mol. The molecule has 0 aromatic carbocycles. The van der Waals surface area contributed by atoms with Gasteiger partial charge in [-0.1, -0.05) is 27.7 Å². The van der Waals surface area contributed by atoms with Gasteiger partial charge in [-0.2, -0.15) is 0 Å². The third-order valence-electron chi connectivity index (χ3n) is 17.9. The highest BCUT2D eigenvalue weighted by atomic mass is 16.8. The van der Waals surface area contributed by atoms with Crippen molar-refractivity contribution < 1.29 is 83.9 Å². The summed E-state index contributed by atoms with van der Waals surface area (Å²) in [4.78, 5) is 0. The van der Waals surface area contributed by atoms with E-state index in [1.807, 2.05) is 0 Å². The van der Waals surface area contributed by atoms with Crippen molar-refractivity contribution in [1.82, 2.24) is 0 Å². The van der Waals surface area contributed by atoms with Crippen molar-refractivity contribution in [2.45, 2.75) is 196 Å². The summed E-state index contributed by atoms with van der Waals surface area (Å²) in [7, 11) is 0. The molecule has 0 aromatic rings. The van der Waals surface area contributed by atoms with Crippen LogP contribution < -0.4 is 0 Å². The smallest absolute Gasteiger partial charge is 0.187 e. The molecular weight excluding hydrogens is 800 g/mol. The SMILES string of the molecule is CC1CC[C@@]2(OC1)O[C@H]1C[C@H]3[C@@H]4CC[C@@H]5C[C@@H](O[C@@H]6O[C@H](CO)[C@@H](O)[C@H](O[C@@H]7OC[C@@H](O)[C@H](O)[C@H]7O)[C@H]6O[C@@H]6O[C@H](CO)[C@@H](O)[C@H](O)[C@H]6O)CC[C@]5(C)[C@H]4CC[C@]3(C)[C@H]1[C@@H]2C. The largest absolute Gasteiger partial charge is 0.394 e. The minimum atomic E-state index is -1.82. The zero-order valence-corrected chi connectivity index (χ0v) is 36.0. The first-order valence-electron chi connectivity index (χ1n) is 23.2. The molecular formula is C44H72O17. The highest BCUT2D eigenvalue weighted by Gasteiger charge is 2.69. The molecule has 5 aliphatic heterocycles. The quantitative estimate of drug-likeness (QED) is 0.145. The highest BCUT2D eigenvalue weighted by molar-refractivity contribution is 5.15. The molecule has 4 saturated carbocycles. The van der Waals surface area contributed by atoms with Crippen LogP contribution in [0.4, 0.5) is 0 Å². The molecule has 4 aliphatic carbocycles. The lowest BCUT2D eigenvalue weighted by atomic mass is 9.44. The first-order chi connectivity index (χ1) is 29.0. The second-order valence-corrected chi connectivity index (χ2v) is 21.1. The number of hydrogen-bond acceptors (Lipinski definition) is 17. The average Bonchev–Trinajstić information content (AvgIpc) is 3.69. The molecule has 17 nitrogen and oxygen atoms in total. The van der Waals surface area contributed by atoms with Gasteiger partial charge in [0.2, 0.25) is 0 Å². The van der Waals surface area contributed by atoms with Crippen molar-refractivity contribution in [3.63, 3.8) is 0 Å². The van der Waals surface area contributed by atoms with Crippen molar-refractivity contribution in [2.24, 2.45) is 52.3 Å². The van der Waals surface area contributed by atoms with E-state index in [4.69, 9.17) is 37.9 Å². The fraction of sp³-hybridized carbons (Fsp3) is 1.00. The van der Waals surface area contributed by atoms with Crippen LogP contribution in [0, 0.1) is 52.3 Å². The predicted molar refractivity (Wildman–Crippen MR) is 210 cm³/mol. The zero-order valence-electron chi connectivity index (χ0n) is 36.0. The third kappa shape index (κ3) is 7.58. The predicted octanol–water partition coefficient (Wildman–Crippen LogP) is -0.0945. The first kappa shape index (κ1) is 45.5. The molecule has 0 radical (unpaired) electrons. The summed E-state index contributed by atoms with van der Waals surface area (Å²) in [6.45, 7) is 8.68. The molecule has 9 fully saturated rings.